The van der Waals surface area contributed by atoms with Crippen LogP contribution in [0.2, 0.25) is 0 Å². The Bertz CT molecular complexity index is 595. The van der Waals surface area contributed by atoms with E-state index in [1.165, 1.54) is 11.5 Å². The second-order valence-corrected chi connectivity index (χ2v) is 6.60. The lowest BCUT2D eigenvalue weighted by atomic mass is 10.1. The first-order chi connectivity index (χ1) is 9.69. The Kier molecular flexibility index (Phi) is 3.91. The van der Waals surface area contributed by atoms with Gasteiger partial charge in [-0.3, -0.25) is 0 Å². The summed E-state index contributed by atoms with van der Waals surface area (Å²) in [7, 11) is 1.78. The molecule has 5 nitrogen and oxygen atoms in total. The largest absolute Gasteiger partial charge is 0.382 e. The average molecular weight is 310 g/mol. The number of anilines is 2. The molecule has 1 aliphatic rings. The molecule has 2 aromatic heterocycles. The molecule has 0 radical (unpaired) electrons. The van der Waals surface area contributed by atoms with Gasteiger partial charge >= 0.3 is 0 Å². The van der Waals surface area contributed by atoms with Gasteiger partial charge in [0.15, 0.2) is 0 Å². The van der Waals surface area contributed by atoms with Crippen molar-refractivity contribution < 1.29 is 4.74 Å². The van der Waals surface area contributed by atoms with E-state index in [4.69, 9.17) is 10.5 Å². The van der Waals surface area contributed by atoms with Crippen molar-refractivity contribution in [3.63, 3.8) is 0 Å². The zero-order valence-electron chi connectivity index (χ0n) is 11.6. The van der Waals surface area contributed by atoms with Gasteiger partial charge in [0.05, 0.1) is 11.7 Å². The van der Waals surface area contributed by atoms with Crippen LogP contribution in [-0.4, -0.2) is 35.7 Å². The second-order valence-electron chi connectivity index (χ2n) is 4.99. The summed E-state index contributed by atoms with van der Waals surface area (Å²) in [4.78, 5) is 6.89. The molecule has 0 saturated carbocycles. The van der Waals surface area contributed by atoms with Gasteiger partial charge in [-0.05, 0) is 31.3 Å². The normalized spacial score (nSPS) is 19.5. The number of thiazole rings is 1. The molecule has 2 N–H and O–H groups in total. The molecular weight excluding hydrogens is 292 g/mol. The highest BCUT2D eigenvalue weighted by molar-refractivity contribution is 7.15. The molecular formula is C13H18N4OS2. The summed E-state index contributed by atoms with van der Waals surface area (Å²) in [6.45, 7) is 3.92. The first-order valence-electron chi connectivity index (χ1n) is 6.64. The van der Waals surface area contributed by atoms with E-state index < -0.39 is 0 Å². The van der Waals surface area contributed by atoms with E-state index in [1.807, 2.05) is 12.3 Å². The minimum Gasteiger partial charge on any atom is -0.382 e. The maximum absolute atomic E-state index is 6.06. The molecule has 1 fully saturated rings. The topological polar surface area (TPSA) is 64.3 Å². The smallest absolute Gasteiger partial charge is 0.149 e. The number of nitrogens with zero attached hydrogens (tertiary/aromatic N) is 3. The summed E-state index contributed by atoms with van der Waals surface area (Å²) in [6, 6.07) is 0. The maximum Gasteiger partial charge on any atom is 0.149 e. The van der Waals surface area contributed by atoms with Crippen LogP contribution in [0, 0.1) is 6.92 Å². The number of aryl methyl sites for hydroxylation is 1. The molecule has 3 rings (SSSR count). The molecule has 0 aromatic carbocycles. The summed E-state index contributed by atoms with van der Waals surface area (Å²) < 4.78 is 9.83. The maximum atomic E-state index is 6.06. The first kappa shape index (κ1) is 13.8. The SMILES string of the molecule is COC1CCCN(c2snc(N)c2-c2nc(C)cs2)C1. The number of rotatable bonds is 3. The molecule has 1 atom stereocenters. The molecule has 1 aliphatic heterocycles. The quantitative estimate of drug-likeness (QED) is 0.944. The van der Waals surface area contributed by atoms with Gasteiger partial charge in [0.1, 0.15) is 15.8 Å². The summed E-state index contributed by atoms with van der Waals surface area (Å²) in [5.74, 6) is 0.582. The summed E-state index contributed by atoms with van der Waals surface area (Å²) in [5, 5.41) is 4.13. The highest BCUT2D eigenvalue weighted by atomic mass is 32.1. The van der Waals surface area contributed by atoms with Gasteiger partial charge in [-0.15, -0.1) is 11.3 Å². The van der Waals surface area contributed by atoms with Gasteiger partial charge in [-0.25, -0.2) is 4.98 Å². The van der Waals surface area contributed by atoms with E-state index in [-0.39, 0.29) is 6.10 Å². The second kappa shape index (κ2) is 5.67. The van der Waals surface area contributed by atoms with Crippen molar-refractivity contribution in [1.82, 2.24) is 9.36 Å². The van der Waals surface area contributed by atoms with Gasteiger partial charge < -0.3 is 15.4 Å². The Labute approximate surface area is 126 Å². The van der Waals surface area contributed by atoms with Crippen LogP contribution in [0.4, 0.5) is 10.8 Å². The monoisotopic (exact) mass is 310 g/mol. The fraction of sp³-hybridized carbons (Fsp3) is 0.538. The third-order valence-corrected chi connectivity index (χ3v) is 5.43. The Morgan fingerprint density at radius 1 is 1.50 bits per heavy atom. The lowest BCUT2D eigenvalue weighted by Crippen LogP contribution is -2.39. The summed E-state index contributed by atoms with van der Waals surface area (Å²) in [5.41, 5.74) is 8.08. The van der Waals surface area contributed by atoms with Gasteiger partial charge in [0.2, 0.25) is 0 Å². The molecule has 0 amide bonds. The Balaban J connectivity index is 1.94. The van der Waals surface area contributed by atoms with Crippen LogP contribution in [-0.2, 0) is 4.74 Å². The van der Waals surface area contributed by atoms with Gasteiger partial charge in [-0.2, -0.15) is 4.37 Å². The van der Waals surface area contributed by atoms with Crippen molar-refractivity contribution in [3.05, 3.63) is 11.1 Å². The molecule has 20 heavy (non-hydrogen) atoms. The average Bonchev–Trinajstić information content (AvgIpc) is 3.04. The number of nitrogen functional groups attached to an aromatic ring is 1. The Hall–Kier alpha value is -1.18. The number of hydrogen-bond acceptors (Lipinski definition) is 7. The number of piperidine rings is 1. The van der Waals surface area contributed by atoms with Crippen LogP contribution < -0.4 is 10.6 Å². The predicted octanol–water partition coefficient (Wildman–Crippen LogP) is 2.77. The third-order valence-electron chi connectivity index (χ3n) is 3.53. The standard InChI is InChI=1S/C13H18N4OS2/c1-8-7-19-12(15-8)10-11(14)16-20-13(10)17-5-3-4-9(6-17)18-2/h7,9H,3-6H2,1-2H3,(H2,14,16). The van der Waals surface area contributed by atoms with Crippen molar-refractivity contribution in [2.75, 3.05) is 30.8 Å². The molecule has 3 heterocycles. The minimum absolute atomic E-state index is 0.290. The molecule has 0 bridgehead atoms. The zero-order valence-corrected chi connectivity index (χ0v) is 13.3. The van der Waals surface area contributed by atoms with Crippen molar-refractivity contribution in [2.45, 2.75) is 25.9 Å². The van der Waals surface area contributed by atoms with Crippen LogP contribution in [0.3, 0.4) is 0 Å². The fourth-order valence-electron chi connectivity index (χ4n) is 2.49. The molecule has 2 aromatic rings. The number of aromatic nitrogens is 2. The van der Waals surface area contributed by atoms with Crippen LogP contribution in [0.1, 0.15) is 18.5 Å². The molecule has 1 unspecified atom stereocenters. The molecule has 0 aliphatic carbocycles. The highest BCUT2D eigenvalue weighted by Crippen LogP contribution is 2.41. The fourth-order valence-corrected chi connectivity index (χ4v) is 4.26. The van der Waals surface area contributed by atoms with Gasteiger partial charge in [0.25, 0.3) is 0 Å². The Morgan fingerprint density at radius 3 is 3.05 bits per heavy atom. The lowest BCUT2D eigenvalue weighted by molar-refractivity contribution is 0.0895. The third kappa shape index (κ3) is 2.53. The van der Waals surface area contributed by atoms with E-state index in [2.05, 4.69) is 14.3 Å². The van der Waals surface area contributed by atoms with Gasteiger partial charge in [0, 0.05) is 31.3 Å². The number of nitrogens with two attached hydrogens (primary N) is 1. The zero-order chi connectivity index (χ0) is 14.1. The lowest BCUT2D eigenvalue weighted by Gasteiger charge is -2.32. The van der Waals surface area contributed by atoms with E-state index in [0.717, 1.165) is 47.2 Å². The van der Waals surface area contributed by atoms with Gasteiger partial charge in [-0.1, -0.05) is 0 Å². The van der Waals surface area contributed by atoms with E-state index >= 15 is 0 Å². The van der Waals surface area contributed by atoms with E-state index in [9.17, 15) is 0 Å². The Morgan fingerprint density at radius 2 is 2.35 bits per heavy atom. The predicted molar refractivity (Wildman–Crippen MR) is 84.6 cm³/mol. The van der Waals surface area contributed by atoms with Crippen molar-refractivity contribution in [1.29, 1.82) is 0 Å². The van der Waals surface area contributed by atoms with E-state index in [0.29, 0.717) is 5.82 Å². The summed E-state index contributed by atoms with van der Waals surface area (Å²) in [6.07, 6.45) is 2.54. The van der Waals surface area contributed by atoms with Crippen LogP contribution in [0.25, 0.3) is 10.6 Å². The van der Waals surface area contributed by atoms with Crippen LogP contribution in [0.15, 0.2) is 5.38 Å². The first-order valence-corrected chi connectivity index (χ1v) is 8.29. The van der Waals surface area contributed by atoms with Crippen LogP contribution >= 0.6 is 22.9 Å². The molecule has 0 spiro atoms. The number of ether oxygens (including phenoxy) is 1. The van der Waals surface area contributed by atoms with Crippen LogP contribution in [0.5, 0.6) is 0 Å². The highest BCUT2D eigenvalue weighted by Gasteiger charge is 2.26. The van der Waals surface area contributed by atoms with Crippen molar-refractivity contribution in [3.8, 4) is 10.6 Å². The molecule has 7 heteroatoms. The summed E-state index contributed by atoms with van der Waals surface area (Å²) >= 11 is 3.09. The molecule has 108 valence electrons. The minimum atomic E-state index is 0.290. The van der Waals surface area contributed by atoms with Crippen molar-refractivity contribution >= 4 is 33.7 Å². The molecule has 1 saturated heterocycles. The number of hydrogen-bond donors (Lipinski definition) is 1. The number of methoxy groups -OCH3 is 1. The van der Waals surface area contributed by atoms with Crippen molar-refractivity contribution in [2.24, 2.45) is 0 Å². The van der Waals surface area contributed by atoms with E-state index in [1.54, 1.807) is 18.4 Å².